The summed E-state index contributed by atoms with van der Waals surface area (Å²) < 4.78 is 11.9. The number of hydrogen-bond donors (Lipinski definition) is 2. The Labute approximate surface area is 161 Å². The van der Waals surface area contributed by atoms with Gasteiger partial charge in [-0.25, -0.2) is 9.67 Å². The molecule has 0 saturated carbocycles. The smallest absolute Gasteiger partial charge is 0.277 e. The topological polar surface area (TPSA) is 132 Å². The lowest BCUT2D eigenvalue weighted by Gasteiger charge is -2.06. The van der Waals surface area contributed by atoms with Crippen LogP contribution in [0.15, 0.2) is 75.0 Å². The van der Waals surface area contributed by atoms with Crippen molar-refractivity contribution in [1.82, 2.24) is 24.9 Å². The fourth-order valence-corrected chi connectivity index (χ4v) is 2.84. The first-order valence-corrected chi connectivity index (χ1v) is 8.53. The van der Waals surface area contributed by atoms with Gasteiger partial charge in [0, 0.05) is 11.8 Å². The molecule has 0 radical (unpaired) electrons. The van der Waals surface area contributed by atoms with Crippen molar-refractivity contribution < 1.29 is 13.7 Å². The Morgan fingerprint density at radius 2 is 2.00 bits per heavy atom. The Morgan fingerprint density at radius 3 is 2.79 bits per heavy atom. The molecule has 1 amide bonds. The standard InChI is InChI=1S/C19H12N6O4/c26-18-13-9-22-25(17(13)20-10-21-18)12-5-3-11(4-6-12)23-19(27)14-8-16(29-24-14)15-2-1-7-28-15/h1-10H,(H,23,27)(H,20,21,26). The predicted molar refractivity (Wildman–Crippen MR) is 102 cm³/mol. The number of carbonyl (C=O) groups excluding carboxylic acids is 1. The highest BCUT2D eigenvalue weighted by Crippen LogP contribution is 2.21. The first-order valence-electron chi connectivity index (χ1n) is 8.53. The molecule has 5 rings (SSSR count). The van der Waals surface area contributed by atoms with Crippen molar-refractivity contribution in [2.24, 2.45) is 0 Å². The van der Waals surface area contributed by atoms with E-state index in [9.17, 15) is 9.59 Å². The molecule has 0 bridgehead atoms. The highest BCUT2D eigenvalue weighted by atomic mass is 16.5. The molecule has 10 nitrogen and oxygen atoms in total. The summed E-state index contributed by atoms with van der Waals surface area (Å²) >= 11 is 0. The third-order valence-corrected chi connectivity index (χ3v) is 4.25. The summed E-state index contributed by atoms with van der Waals surface area (Å²) in [6, 6.07) is 11.9. The van der Waals surface area contributed by atoms with E-state index in [2.05, 4.69) is 25.5 Å². The molecule has 4 aromatic heterocycles. The number of nitrogens with one attached hydrogen (secondary N) is 2. The number of nitrogens with zero attached hydrogens (tertiary/aromatic N) is 4. The SMILES string of the molecule is O=C(Nc1ccc(-n2ncc3c(=O)[nH]cnc32)cc1)c1cc(-c2ccco2)on1. The summed E-state index contributed by atoms with van der Waals surface area (Å²) in [5.41, 5.74) is 1.56. The summed E-state index contributed by atoms with van der Waals surface area (Å²) in [6.07, 6.45) is 4.29. The molecule has 29 heavy (non-hydrogen) atoms. The van der Waals surface area contributed by atoms with Crippen molar-refractivity contribution in [2.75, 3.05) is 5.32 Å². The van der Waals surface area contributed by atoms with Crippen LogP contribution in [-0.4, -0.2) is 30.8 Å². The lowest BCUT2D eigenvalue weighted by Crippen LogP contribution is -2.12. The molecule has 0 saturated heterocycles. The maximum absolute atomic E-state index is 12.4. The first kappa shape index (κ1) is 16.7. The number of aromatic nitrogens is 5. The summed E-state index contributed by atoms with van der Waals surface area (Å²) in [4.78, 5) is 30.9. The number of aromatic amines is 1. The van der Waals surface area contributed by atoms with Crippen LogP contribution in [0.3, 0.4) is 0 Å². The maximum Gasteiger partial charge on any atom is 0.277 e. The number of anilines is 1. The zero-order valence-corrected chi connectivity index (χ0v) is 14.7. The zero-order valence-electron chi connectivity index (χ0n) is 14.7. The van der Waals surface area contributed by atoms with Gasteiger partial charge in [-0.15, -0.1) is 0 Å². The van der Waals surface area contributed by atoms with Gasteiger partial charge in [0.05, 0.1) is 24.5 Å². The van der Waals surface area contributed by atoms with Gasteiger partial charge in [0.2, 0.25) is 5.76 Å². The number of fused-ring (bicyclic) bond motifs is 1. The minimum absolute atomic E-state index is 0.127. The zero-order chi connectivity index (χ0) is 19.8. The average Bonchev–Trinajstić information content (AvgIpc) is 3.48. The predicted octanol–water partition coefficient (Wildman–Crippen LogP) is 2.61. The number of carbonyl (C=O) groups is 1. The van der Waals surface area contributed by atoms with Gasteiger partial charge in [0.25, 0.3) is 11.5 Å². The molecule has 0 aliphatic carbocycles. The van der Waals surface area contributed by atoms with Crippen molar-refractivity contribution in [2.45, 2.75) is 0 Å². The van der Waals surface area contributed by atoms with Gasteiger partial charge in [0.15, 0.2) is 17.1 Å². The molecular formula is C19H12N6O4. The molecule has 0 fully saturated rings. The normalized spacial score (nSPS) is 11.0. The molecule has 0 unspecified atom stereocenters. The largest absolute Gasteiger partial charge is 0.461 e. The van der Waals surface area contributed by atoms with Gasteiger partial charge in [0.1, 0.15) is 5.39 Å². The van der Waals surface area contributed by atoms with Gasteiger partial charge in [-0.3, -0.25) is 9.59 Å². The molecule has 0 spiro atoms. The molecule has 2 N–H and O–H groups in total. The van der Waals surface area contributed by atoms with Crippen molar-refractivity contribution in [1.29, 1.82) is 0 Å². The van der Waals surface area contributed by atoms with Crippen molar-refractivity contribution >= 4 is 22.6 Å². The van der Waals surface area contributed by atoms with Crippen LogP contribution in [0.4, 0.5) is 5.69 Å². The molecule has 4 heterocycles. The van der Waals surface area contributed by atoms with Gasteiger partial charge >= 0.3 is 0 Å². The summed E-state index contributed by atoms with van der Waals surface area (Å²) in [6.45, 7) is 0. The Hall–Kier alpha value is -4.47. The van der Waals surface area contributed by atoms with E-state index in [1.807, 2.05) is 0 Å². The second-order valence-electron chi connectivity index (χ2n) is 6.08. The fourth-order valence-electron chi connectivity index (χ4n) is 2.84. The lowest BCUT2D eigenvalue weighted by atomic mass is 10.2. The summed E-state index contributed by atoms with van der Waals surface area (Å²) in [5.74, 6) is 0.431. The Kier molecular flexibility index (Phi) is 3.80. The van der Waals surface area contributed by atoms with E-state index in [1.54, 1.807) is 41.1 Å². The minimum Gasteiger partial charge on any atom is -0.461 e. The highest BCUT2D eigenvalue weighted by molar-refractivity contribution is 6.03. The number of benzene rings is 1. The molecule has 5 aromatic rings. The van der Waals surface area contributed by atoms with Crippen LogP contribution in [0.2, 0.25) is 0 Å². The van der Waals surface area contributed by atoms with E-state index in [0.717, 1.165) is 0 Å². The number of H-pyrrole nitrogens is 1. The van der Waals surface area contributed by atoms with Gasteiger partial charge in [-0.1, -0.05) is 5.16 Å². The van der Waals surface area contributed by atoms with Crippen LogP contribution in [0.25, 0.3) is 28.2 Å². The molecule has 0 atom stereocenters. The average molecular weight is 388 g/mol. The van der Waals surface area contributed by atoms with E-state index in [1.165, 1.54) is 24.9 Å². The number of amides is 1. The van der Waals surface area contributed by atoms with Crippen molar-refractivity contribution in [3.8, 4) is 17.2 Å². The molecule has 142 valence electrons. The second kappa shape index (κ2) is 6.60. The van der Waals surface area contributed by atoms with Crippen molar-refractivity contribution in [3.63, 3.8) is 0 Å². The number of hydrogen-bond acceptors (Lipinski definition) is 7. The molecule has 0 aliphatic rings. The minimum atomic E-state index is -0.419. The van der Waals surface area contributed by atoms with Crippen LogP contribution in [0.1, 0.15) is 10.5 Å². The molecule has 0 aliphatic heterocycles. The molecule has 1 aromatic carbocycles. The number of furan rings is 1. The van der Waals surface area contributed by atoms with Crippen LogP contribution >= 0.6 is 0 Å². The number of rotatable bonds is 4. The van der Waals surface area contributed by atoms with Crippen LogP contribution < -0.4 is 10.9 Å². The summed E-state index contributed by atoms with van der Waals surface area (Å²) in [7, 11) is 0. The van der Waals surface area contributed by atoms with E-state index in [0.29, 0.717) is 33.9 Å². The fraction of sp³-hybridized carbons (Fsp3) is 0. The third-order valence-electron chi connectivity index (χ3n) is 4.25. The molecule has 10 heteroatoms. The van der Waals surface area contributed by atoms with Gasteiger partial charge < -0.3 is 19.2 Å². The summed E-state index contributed by atoms with van der Waals surface area (Å²) in [5, 5.41) is 11.1. The van der Waals surface area contributed by atoms with Gasteiger partial charge in [-0.2, -0.15) is 5.10 Å². The highest BCUT2D eigenvalue weighted by Gasteiger charge is 2.15. The van der Waals surface area contributed by atoms with Crippen LogP contribution in [0.5, 0.6) is 0 Å². The quantitative estimate of drug-likeness (QED) is 0.484. The van der Waals surface area contributed by atoms with E-state index in [4.69, 9.17) is 8.94 Å². The van der Waals surface area contributed by atoms with Crippen molar-refractivity contribution in [3.05, 3.63) is 77.3 Å². The lowest BCUT2D eigenvalue weighted by molar-refractivity contribution is 0.101. The van der Waals surface area contributed by atoms with Gasteiger partial charge in [-0.05, 0) is 36.4 Å². The van der Waals surface area contributed by atoms with E-state index >= 15 is 0 Å². The van der Waals surface area contributed by atoms with Crippen LogP contribution in [0, 0.1) is 0 Å². The Bertz CT molecular complexity index is 1360. The third kappa shape index (κ3) is 2.98. The molecular weight excluding hydrogens is 376 g/mol. The first-order chi connectivity index (χ1) is 14.2. The second-order valence-corrected chi connectivity index (χ2v) is 6.08. The van der Waals surface area contributed by atoms with E-state index in [-0.39, 0.29) is 11.3 Å². The maximum atomic E-state index is 12.4. The Balaban J connectivity index is 1.36. The Morgan fingerprint density at radius 1 is 1.14 bits per heavy atom. The van der Waals surface area contributed by atoms with Crippen LogP contribution in [-0.2, 0) is 0 Å². The monoisotopic (exact) mass is 388 g/mol. The van der Waals surface area contributed by atoms with E-state index < -0.39 is 5.91 Å².